The molecule has 2 heterocycles. The van der Waals surface area contributed by atoms with Crippen molar-refractivity contribution in [3.05, 3.63) is 51.7 Å². The summed E-state index contributed by atoms with van der Waals surface area (Å²) >= 11 is 0. The summed E-state index contributed by atoms with van der Waals surface area (Å²) in [6.45, 7) is 1.58. The molecule has 1 fully saturated rings. The molecule has 1 saturated heterocycles. The van der Waals surface area contributed by atoms with Gasteiger partial charge in [0.15, 0.2) is 9.84 Å². The third-order valence-corrected chi connectivity index (χ3v) is 6.95. The van der Waals surface area contributed by atoms with E-state index in [0.29, 0.717) is 4.90 Å². The van der Waals surface area contributed by atoms with Crippen molar-refractivity contribution in [1.29, 1.82) is 0 Å². The summed E-state index contributed by atoms with van der Waals surface area (Å²) in [7, 11) is -3.20. The van der Waals surface area contributed by atoms with Gasteiger partial charge in [-0.25, -0.2) is 8.42 Å². The maximum atomic E-state index is 11.9. The standard InChI is InChI=1S/C21H24N2O3S/c1-27(25,26)18-4-2-17-13-21-20(5-3-16(17)12-18)19(6-9-22-21)15-7-10-23(14-24)11-8-15/h2,4,9,12,14H,3,5-8,10-11,13H2,1H3. The van der Waals surface area contributed by atoms with Crippen molar-refractivity contribution in [1.82, 2.24) is 4.90 Å². The third-order valence-electron chi connectivity index (χ3n) is 5.84. The van der Waals surface area contributed by atoms with Crippen LogP contribution in [0.5, 0.6) is 0 Å². The van der Waals surface area contributed by atoms with Crippen molar-refractivity contribution < 1.29 is 13.2 Å². The van der Waals surface area contributed by atoms with Crippen molar-refractivity contribution >= 4 is 22.5 Å². The SMILES string of the molecule is CS(=O)(=O)c1ccc2c(c1)CCC1=C(C2)N=CCC1=C1CCN(C=O)CC1. The first kappa shape index (κ1) is 18.2. The van der Waals surface area contributed by atoms with Crippen LogP contribution in [0.3, 0.4) is 0 Å². The van der Waals surface area contributed by atoms with Crippen molar-refractivity contribution in [3.8, 4) is 0 Å². The Morgan fingerprint density at radius 3 is 2.52 bits per heavy atom. The number of nitrogens with zero attached hydrogens (tertiary/aromatic N) is 2. The number of hydrogen-bond acceptors (Lipinski definition) is 4. The van der Waals surface area contributed by atoms with Crippen molar-refractivity contribution in [2.24, 2.45) is 4.99 Å². The highest BCUT2D eigenvalue weighted by Gasteiger charge is 2.25. The van der Waals surface area contributed by atoms with Gasteiger partial charge in [-0.05, 0) is 60.1 Å². The first-order chi connectivity index (χ1) is 13.0. The number of hydrogen-bond donors (Lipinski definition) is 0. The van der Waals surface area contributed by atoms with Crippen LogP contribution in [0.2, 0.25) is 0 Å². The van der Waals surface area contributed by atoms with E-state index in [-0.39, 0.29) is 0 Å². The highest BCUT2D eigenvalue weighted by Crippen LogP contribution is 2.37. The number of likely N-dealkylation sites (tertiary alicyclic amines) is 1. The molecule has 1 aromatic rings. The number of piperidine rings is 1. The van der Waals surface area contributed by atoms with Crippen molar-refractivity contribution in [2.75, 3.05) is 19.3 Å². The van der Waals surface area contributed by atoms with Crippen LogP contribution in [-0.4, -0.2) is 45.3 Å². The first-order valence-corrected chi connectivity index (χ1v) is 11.3. The predicted molar refractivity (Wildman–Crippen MR) is 106 cm³/mol. The van der Waals surface area contributed by atoms with Crippen LogP contribution in [0, 0.1) is 0 Å². The molecule has 0 unspecified atom stereocenters. The summed E-state index contributed by atoms with van der Waals surface area (Å²) in [6, 6.07) is 5.49. The van der Waals surface area contributed by atoms with E-state index in [1.807, 2.05) is 23.2 Å². The molecule has 0 N–H and O–H groups in total. The molecule has 142 valence electrons. The van der Waals surface area contributed by atoms with Gasteiger partial charge in [-0.15, -0.1) is 0 Å². The van der Waals surface area contributed by atoms with Gasteiger partial charge in [0, 0.05) is 44.1 Å². The van der Waals surface area contributed by atoms with E-state index in [4.69, 9.17) is 4.99 Å². The second kappa shape index (κ2) is 7.08. The number of carbonyl (C=O) groups excluding carboxylic acids is 1. The molecule has 0 spiro atoms. The second-order valence-corrected chi connectivity index (χ2v) is 9.56. The number of aryl methyl sites for hydroxylation is 1. The zero-order chi connectivity index (χ0) is 19.0. The minimum Gasteiger partial charge on any atom is -0.345 e. The summed E-state index contributed by atoms with van der Waals surface area (Å²) in [5, 5.41) is 0. The monoisotopic (exact) mass is 384 g/mol. The number of fused-ring (bicyclic) bond motifs is 1. The normalized spacial score (nSPS) is 20.3. The van der Waals surface area contributed by atoms with Gasteiger partial charge in [-0.1, -0.05) is 11.6 Å². The topological polar surface area (TPSA) is 66.8 Å². The lowest BCUT2D eigenvalue weighted by atomic mass is 9.87. The fourth-order valence-electron chi connectivity index (χ4n) is 4.31. The molecule has 3 aliphatic rings. The summed E-state index contributed by atoms with van der Waals surface area (Å²) < 4.78 is 23.8. The Bertz CT molecular complexity index is 977. The van der Waals surface area contributed by atoms with Crippen molar-refractivity contribution in [3.63, 3.8) is 0 Å². The van der Waals surface area contributed by atoms with Gasteiger partial charge in [0.25, 0.3) is 0 Å². The van der Waals surface area contributed by atoms with E-state index in [1.54, 1.807) is 6.07 Å². The average molecular weight is 385 g/mol. The third kappa shape index (κ3) is 3.63. The highest BCUT2D eigenvalue weighted by atomic mass is 32.2. The lowest BCUT2D eigenvalue weighted by molar-refractivity contribution is -0.118. The Kier molecular flexibility index (Phi) is 4.76. The largest absolute Gasteiger partial charge is 0.345 e. The summed E-state index contributed by atoms with van der Waals surface area (Å²) in [6.07, 6.45) is 9.41. The maximum absolute atomic E-state index is 11.9. The smallest absolute Gasteiger partial charge is 0.209 e. The van der Waals surface area contributed by atoms with E-state index in [2.05, 4.69) is 0 Å². The molecule has 0 bridgehead atoms. The highest BCUT2D eigenvalue weighted by molar-refractivity contribution is 7.90. The molecule has 0 saturated carbocycles. The second-order valence-electron chi connectivity index (χ2n) is 7.54. The fraction of sp³-hybridized carbons (Fsp3) is 0.429. The molecule has 0 aromatic heterocycles. The van der Waals surface area contributed by atoms with Crippen LogP contribution in [0.25, 0.3) is 0 Å². The minimum absolute atomic E-state index is 0.393. The molecule has 4 rings (SSSR count). The fourth-order valence-corrected chi connectivity index (χ4v) is 4.98. The van der Waals surface area contributed by atoms with Crippen LogP contribution in [0.15, 0.2) is 50.5 Å². The van der Waals surface area contributed by atoms with Gasteiger partial charge in [0.1, 0.15) is 0 Å². The van der Waals surface area contributed by atoms with Crippen molar-refractivity contribution in [2.45, 2.75) is 43.4 Å². The van der Waals surface area contributed by atoms with Crippen LogP contribution in [0.1, 0.15) is 36.8 Å². The Balaban J connectivity index is 1.66. The number of allylic oxidation sites excluding steroid dienone is 3. The van der Waals surface area contributed by atoms with Crippen LogP contribution in [0.4, 0.5) is 0 Å². The first-order valence-electron chi connectivity index (χ1n) is 9.43. The van der Waals surface area contributed by atoms with E-state index >= 15 is 0 Å². The molecule has 2 aliphatic heterocycles. The molecule has 1 aliphatic carbocycles. The lowest BCUT2D eigenvalue weighted by Crippen LogP contribution is -2.30. The zero-order valence-corrected chi connectivity index (χ0v) is 16.4. The zero-order valence-electron chi connectivity index (χ0n) is 15.6. The molecule has 6 heteroatoms. The molecule has 27 heavy (non-hydrogen) atoms. The molecule has 1 amide bonds. The van der Waals surface area contributed by atoms with E-state index in [1.165, 1.54) is 28.5 Å². The minimum atomic E-state index is -3.20. The Hall–Kier alpha value is -2.21. The molecule has 0 atom stereocenters. The lowest BCUT2D eigenvalue weighted by Gasteiger charge is -2.28. The van der Waals surface area contributed by atoms with Crippen LogP contribution >= 0.6 is 0 Å². The summed E-state index contributed by atoms with van der Waals surface area (Å²) in [5.41, 5.74) is 7.60. The van der Waals surface area contributed by atoms with Gasteiger partial charge in [-0.2, -0.15) is 0 Å². The van der Waals surface area contributed by atoms with Gasteiger partial charge in [0.2, 0.25) is 6.41 Å². The van der Waals surface area contributed by atoms with E-state index in [9.17, 15) is 13.2 Å². The summed E-state index contributed by atoms with van der Waals surface area (Å²) in [4.78, 5) is 17.9. The van der Waals surface area contributed by atoms with Gasteiger partial charge in [0.05, 0.1) is 4.90 Å². The number of carbonyl (C=O) groups is 1. The predicted octanol–water partition coefficient (Wildman–Crippen LogP) is 2.86. The maximum Gasteiger partial charge on any atom is 0.209 e. The van der Waals surface area contributed by atoms with Crippen LogP contribution < -0.4 is 0 Å². The Labute approximate surface area is 160 Å². The Morgan fingerprint density at radius 2 is 1.81 bits per heavy atom. The van der Waals surface area contributed by atoms with Gasteiger partial charge >= 0.3 is 0 Å². The number of sulfone groups is 1. The number of amides is 1. The summed E-state index contributed by atoms with van der Waals surface area (Å²) in [5.74, 6) is 0. The molecule has 1 aromatic carbocycles. The Morgan fingerprint density at radius 1 is 1.04 bits per heavy atom. The molecule has 5 nitrogen and oxygen atoms in total. The number of aliphatic imine (C=N–C) groups is 1. The van der Waals surface area contributed by atoms with E-state index in [0.717, 1.165) is 69.3 Å². The number of benzene rings is 1. The average Bonchev–Trinajstić information content (AvgIpc) is 2.86. The molecule has 0 radical (unpaired) electrons. The van der Waals surface area contributed by atoms with Gasteiger partial charge < -0.3 is 4.90 Å². The molecular formula is C21H24N2O3S. The molecular weight excluding hydrogens is 360 g/mol. The van der Waals surface area contributed by atoms with Crippen LogP contribution in [-0.2, 0) is 27.5 Å². The van der Waals surface area contributed by atoms with Gasteiger partial charge in [-0.3, -0.25) is 9.79 Å². The quantitative estimate of drug-likeness (QED) is 0.737. The van der Waals surface area contributed by atoms with E-state index < -0.39 is 9.84 Å². The number of rotatable bonds is 2.